The summed E-state index contributed by atoms with van der Waals surface area (Å²) in [6.07, 6.45) is 1.10. The summed E-state index contributed by atoms with van der Waals surface area (Å²) in [5.74, 6) is 0.0855. The van der Waals surface area contributed by atoms with Crippen LogP contribution in [0.1, 0.15) is 38.1 Å². The van der Waals surface area contributed by atoms with Gasteiger partial charge in [-0.1, -0.05) is 29.7 Å². The number of hydrogen-bond acceptors (Lipinski definition) is 7. The second-order valence-corrected chi connectivity index (χ2v) is 8.91. The molecule has 0 radical (unpaired) electrons. The van der Waals surface area contributed by atoms with Crippen LogP contribution in [0.3, 0.4) is 0 Å². The van der Waals surface area contributed by atoms with Gasteiger partial charge in [-0.3, -0.25) is 4.79 Å². The topological polar surface area (TPSA) is 110 Å². The second kappa shape index (κ2) is 8.71. The van der Waals surface area contributed by atoms with Gasteiger partial charge >= 0.3 is 6.08 Å². The van der Waals surface area contributed by atoms with Gasteiger partial charge in [0, 0.05) is 11.6 Å². The minimum Gasteiger partial charge on any atom is -0.484 e. The molecule has 170 valence electrons. The van der Waals surface area contributed by atoms with Crippen molar-refractivity contribution in [1.82, 2.24) is 15.5 Å². The quantitative estimate of drug-likeness (QED) is 0.540. The van der Waals surface area contributed by atoms with Gasteiger partial charge in [0.1, 0.15) is 17.3 Å². The first kappa shape index (κ1) is 22.6. The Morgan fingerprint density at radius 1 is 1.24 bits per heavy atom. The molecule has 1 aromatic heterocycles. The molecule has 1 heterocycles. The summed E-state index contributed by atoms with van der Waals surface area (Å²) in [4.78, 5) is 12.3. The van der Waals surface area contributed by atoms with Crippen LogP contribution in [0.25, 0.3) is 0 Å². The fraction of sp³-hybridized carbons (Fsp3) is 0.304. The van der Waals surface area contributed by atoms with Gasteiger partial charge in [0.25, 0.3) is 5.91 Å². The van der Waals surface area contributed by atoms with Gasteiger partial charge in [0.2, 0.25) is 5.89 Å². The second-order valence-electron chi connectivity index (χ2n) is 8.50. The number of carbonyl (C=O) groups is 1. The van der Waals surface area contributed by atoms with Crippen LogP contribution in [0, 0.1) is 17.1 Å². The number of halogens is 2. The molecule has 8 nitrogen and oxygen atoms in total. The molecule has 4 rings (SSSR count). The van der Waals surface area contributed by atoms with E-state index in [0.29, 0.717) is 30.0 Å². The van der Waals surface area contributed by atoms with Crippen LogP contribution in [0.4, 0.5) is 4.39 Å². The summed E-state index contributed by atoms with van der Waals surface area (Å²) < 4.78 is 30.1. The average Bonchev–Trinajstić information content (AvgIpc) is 3.22. The first-order chi connectivity index (χ1) is 15.7. The van der Waals surface area contributed by atoms with Gasteiger partial charge in [0.15, 0.2) is 6.61 Å². The fourth-order valence-electron chi connectivity index (χ4n) is 4.22. The molecule has 1 amide bonds. The Morgan fingerprint density at radius 2 is 2.03 bits per heavy atom. The molecule has 1 aliphatic rings. The third-order valence-corrected chi connectivity index (χ3v) is 5.66. The lowest BCUT2D eigenvalue weighted by Gasteiger charge is -2.51. The summed E-state index contributed by atoms with van der Waals surface area (Å²) in [7, 11) is 0. The Kier molecular flexibility index (Phi) is 5.95. The van der Waals surface area contributed by atoms with Crippen LogP contribution in [0.15, 0.2) is 46.9 Å². The summed E-state index contributed by atoms with van der Waals surface area (Å²) in [5, 5.41) is 19.9. The van der Waals surface area contributed by atoms with E-state index in [1.165, 1.54) is 12.1 Å². The third kappa shape index (κ3) is 5.07. The molecule has 0 unspecified atom stereocenters. The molecule has 10 heteroatoms. The highest BCUT2D eigenvalue weighted by Gasteiger charge is 2.53. The highest BCUT2D eigenvalue weighted by molar-refractivity contribution is 6.30. The Labute approximate surface area is 194 Å². The lowest BCUT2D eigenvalue weighted by molar-refractivity contribution is -0.127. The van der Waals surface area contributed by atoms with Crippen molar-refractivity contribution in [2.45, 2.75) is 37.6 Å². The van der Waals surface area contributed by atoms with Gasteiger partial charge in [0.05, 0.1) is 22.1 Å². The van der Waals surface area contributed by atoms with Crippen molar-refractivity contribution < 1.29 is 23.1 Å². The molecule has 1 N–H and O–H groups in total. The molecule has 33 heavy (non-hydrogen) atoms. The van der Waals surface area contributed by atoms with E-state index in [1.807, 2.05) is 19.9 Å². The van der Waals surface area contributed by atoms with E-state index in [0.717, 1.165) is 6.07 Å². The zero-order valence-corrected chi connectivity index (χ0v) is 18.6. The van der Waals surface area contributed by atoms with E-state index in [9.17, 15) is 9.18 Å². The van der Waals surface area contributed by atoms with Gasteiger partial charge < -0.3 is 19.2 Å². The minimum atomic E-state index is -0.614. The molecule has 0 aliphatic heterocycles. The number of aromatic nitrogens is 2. The number of benzene rings is 2. The zero-order chi connectivity index (χ0) is 23.6. The molecule has 0 saturated heterocycles. The van der Waals surface area contributed by atoms with E-state index in [2.05, 4.69) is 15.5 Å². The minimum absolute atomic E-state index is 0.0154. The van der Waals surface area contributed by atoms with E-state index in [4.69, 9.17) is 30.8 Å². The SMILES string of the molecule is CC1(NC(=O)COc2ccc(Cl)c(F)c2)CC(C)(c2nnc(Oc3cccc(C#N)c3)o2)C1. The Bertz CT molecular complexity index is 1230. The van der Waals surface area contributed by atoms with Crippen molar-refractivity contribution in [2.24, 2.45) is 0 Å². The summed E-state index contributed by atoms with van der Waals surface area (Å²) in [6.45, 7) is 3.62. The molecule has 0 bridgehead atoms. The molecule has 2 aromatic carbocycles. The molecule has 0 atom stereocenters. The van der Waals surface area contributed by atoms with Gasteiger partial charge in [-0.15, -0.1) is 5.10 Å². The zero-order valence-electron chi connectivity index (χ0n) is 17.9. The van der Waals surface area contributed by atoms with Crippen LogP contribution in [-0.4, -0.2) is 28.3 Å². The lowest BCUT2D eigenvalue weighted by Crippen LogP contribution is -2.61. The van der Waals surface area contributed by atoms with Crippen molar-refractivity contribution >= 4 is 17.5 Å². The number of nitriles is 1. The van der Waals surface area contributed by atoms with Crippen molar-refractivity contribution in [3.8, 4) is 23.6 Å². The standard InChI is InChI=1S/C23H20ClFN4O4/c1-22(20-28-29-21(33-20)32-16-5-3-4-14(8-16)10-26)12-23(2,13-22)27-19(30)11-31-15-6-7-17(24)18(25)9-15/h3-9H,11-13H2,1-2H3,(H,27,30). The lowest BCUT2D eigenvalue weighted by atomic mass is 9.59. The van der Waals surface area contributed by atoms with E-state index in [1.54, 1.807) is 24.3 Å². The highest BCUT2D eigenvalue weighted by atomic mass is 35.5. The Morgan fingerprint density at radius 3 is 2.76 bits per heavy atom. The van der Waals surface area contributed by atoms with Crippen molar-refractivity contribution in [3.05, 3.63) is 64.8 Å². The number of amides is 1. The number of ether oxygens (including phenoxy) is 2. The first-order valence-electron chi connectivity index (χ1n) is 10.1. The average molecular weight is 471 g/mol. The van der Waals surface area contributed by atoms with Crippen molar-refractivity contribution in [3.63, 3.8) is 0 Å². The van der Waals surface area contributed by atoms with Crippen LogP contribution in [0.2, 0.25) is 5.02 Å². The summed E-state index contributed by atoms with van der Waals surface area (Å²) in [5.41, 5.74) is -0.475. The van der Waals surface area contributed by atoms with Gasteiger partial charge in [-0.25, -0.2) is 4.39 Å². The molecular weight excluding hydrogens is 451 g/mol. The maximum atomic E-state index is 13.5. The monoisotopic (exact) mass is 470 g/mol. The smallest absolute Gasteiger partial charge is 0.420 e. The van der Waals surface area contributed by atoms with Gasteiger partial charge in [-0.2, -0.15) is 5.26 Å². The highest BCUT2D eigenvalue weighted by Crippen LogP contribution is 2.49. The predicted octanol–water partition coefficient (Wildman–Crippen LogP) is 4.53. The number of hydrogen-bond donors (Lipinski definition) is 1. The summed E-state index contributed by atoms with van der Waals surface area (Å²) in [6, 6.07) is 12.6. The maximum Gasteiger partial charge on any atom is 0.420 e. The van der Waals surface area contributed by atoms with E-state index < -0.39 is 16.8 Å². The van der Waals surface area contributed by atoms with Crippen molar-refractivity contribution in [1.29, 1.82) is 5.26 Å². The third-order valence-electron chi connectivity index (χ3n) is 5.35. The molecule has 3 aromatic rings. The molecule has 1 fully saturated rings. The van der Waals surface area contributed by atoms with Crippen LogP contribution < -0.4 is 14.8 Å². The normalized spacial score (nSPS) is 21.5. The molecule has 1 aliphatic carbocycles. The number of nitrogens with one attached hydrogen (secondary N) is 1. The molecular formula is C23H20ClFN4O4. The fourth-order valence-corrected chi connectivity index (χ4v) is 4.34. The van der Waals surface area contributed by atoms with E-state index in [-0.39, 0.29) is 29.4 Å². The first-order valence-corrected chi connectivity index (χ1v) is 10.5. The number of carbonyl (C=O) groups excluding carboxylic acids is 1. The molecule has 1 saturated carbocycles. The predicted molar refractivity (Wildman–Crippen MR) is 116 cm³/mol. The molecule has 0 spiro atoms. The van der Waals surface area contributed by atoms with Gasteiger partial charge in [-0.05, 0) is 50.1 Å². The number of nitrogens with zero attached hydrogens (tertiary/aromatic N) is 3. The summed E-state index contributed by atoms with van der Waals surface area (Å²) >= 11 is 5.64. The number of rotatable bonds is 7. The van der Waals surface area contributed by atoms with Crippen LogP contribution in [-0.2, 0) is 10.2 Å². The van der Waals surface area contributed by atoms with Crippen molar-refractivity contribution in [2.75, 3.05) is 6.61 Å². The van der Waals surface area contributed by atoms with Crippen LogP contribution in [0.5, 0.6) is 17.6 Å². The largest absolute Gasteiger partial charge is 0.484 e. The Hall–Kier alpha value is -3.64. The van der Waals surface area contributed by atoms with E-state index >= 15 is 0 Å². The Balaban J connectivity index is 1.31. The maximum absolute atomic E-state index is 13.5. The van der Waals surface area contributed by atoms with Crippen LogP contribution >= 0.6 is 11.6 Å².